The number of carbonyl (C=O) groups is 1. The van der Waals surface area contributed by atoms with Gasteiger partial charge in [-0.1, -0.05) is 35.9 Å². The zero-order valence-corrected chi connectivity index (χ0v) is 18.9. The molecular formula is C21H29IN4O2. The van der Waals surface area contributed by atoms with Crippen LogP contribution in [-0.4, -0.2) is 45.7 Å². The summed E-state index contributed by atoms with van der Waals surface area (Å²) < 4.78 is 5.36. The zero-order valence-electron chi connectivity index (χ0n) is 16.6. The Morgan fingerprint density at radius 2 is 1.71 bits per heavy atom. The van der Waals surface area contributed by atoms with Gasteiger partial charge in [-0.2, -0.15) is 0 Å². The fourth-order valence-electron chi connectivity index (χ4n) is 2.69. The first-order valence-electron chi connectivity index (χ1n) is 9.05. The number of nitrogens with one attached hydrogen (secondary N) is 3. The third kappa shape index (κ3) is 7.75. The van der Waals surface area contributed by atoms with Crippen molar-refractivity contribution in [1.82, 2.24) is 16.0 Å². The maximum Gasteiger partial charge on any atom is 0.251 e. The molecule has 7 heteroatoms. The maximum atomic E-state index is 12.1. The molecular weight excluding hydrogens is 467 g/mol. The molecule has 2 aromatic rings. The van der Waals surface area contributed by atoms with Crippen molar-refractivity contribution in [1.29, 1.82) is 0 Å². The summed E-state index contributed by atoms with van der Waals surface area (Å²) in [6, 6.07) is 15.5. The second-order valence-electron chi connectivity index (χ2n) is 6.11. The molecule has 0 unspecified atom stereocenters. The van der Waals surface area contributed by atoms with Crippen LogP contribution in [0.2, 0.25) is 0 Å². The van der Waals surface area contributed by atoms with Gasteiger partial charge in [-0.05, 0) is 37.1 Å². The molecule has 0 spiro atoms. The minimum atomic E-state index is -0.0698. The number of methoxy groups -OCH3 is 1. The number of benzene rings is 2. The first kappa shape index (κ1) is 23.7. The number of aryl methyl sites for hydroxylation is 1. The van der Waals surface area contributed by atoms with E-state index < -0.39 is 0 Å². The van der Waals surface area contributed by atoms with Crippen molar-refractivity contribution >= 4 is 35.8 Å². The number of aliphatic imine (C=N–C) groups is 1. The number of nitrogens with zero attached hydrogens (tertiary/aromatic N) is 1. The molecule has 0 fully saturated rings. The fraction of sp³-hybridized carbons (Fsp3) is 0.333. The average Bonchev–Trinajstić information content (AvgIpc) is 2.69. The second-order valence-corrected chi connectivity index (χ2v) is 6.11. The standard InChI is InChI=1S/C21H28N4O2.HI/c1-16-7-6-9-18(15-16)20(26)23-13-14-25-21(22-2)24-12-11-17-8-4-5-10-19(17)27-3;/h4-10,15H,11-14H2,1-3H3,(H,23,26)(H2,22,24,25);1H. The molecule has 0 aliphatic heterocycles. The third-order valence-corrected chi connectivity index (χ3v) is 4.09. The van der Waals surface area contributed by atoms with E-state index in [0.717, 1.165) is 29.8 Å². The summed E-state index contributed by atoms with van der Waals surface area (Å²) in [5, 5.41) is 9.36. The molecule has 0 aliphatic rings. The Bertz CT molecular complexity index is 781. The molecule has 152 valence electrons. The van der Waals surface area contributed by atoms with Crippen LogP contribution in [0.25, 0.3) is 0 Å². The van der Waals surface area contributed by atoms with Gasteiger partial charge in [-0.3, -0.25) is 9.79 Å². The predicted molar refractivity (Wildman–Crippen MR) is 125 cm³/mol. The molecule has 2 rings (SSSR count). The number of halogens is 1. The average molecular weight is 496 g/mol. The van der Waals surface area contributed by atoms with E-state index in [1.807, 2.05) is 49.4 Å². The highest BCUT2D eigenvalue weighted by atomic mass is 127. The highest BCUT2D eigenvalue weighted by Crippen LogP contribution is 2.17. The van der Waals surface area contributed by atoms with Crippen LogP contribution in [0.1, 0.15) is 21.5 Å². The number of carbonyl (C=O) groups excluding carboxylic acids is 1. The summed E-state index contributed by atoms with van der Waals surface area (Å²) >= 11 is 0. The van der Waals surface area contributed by atoms with E-state index in [1.165, 1.54) is 0 Å². The van der Waals surface area contributed by atoms with Crippen molar-refractivity contribution in [2.24, 2.45) is 4.99 Å². The SMILES string of the molecule is CN=C(NCCNC(=O)c1cccc(C)c1)NCCc1ccccc1OC.I. The van der Waals surface area contributed by atoms with Gasteiger partial charge in [0.2, 0.25) is 0 Å². The molecule has 0 bridgehead atoms. The van der Waals surface area contributed by atoms with Crippen LogP contribution in [0.5, 0.6) is 5.75 Å². The number of hydrogen-bond acceptors (Lipinski definition) is 3. The Kier molecular flexibility index (Phi) is 11.0. The third-order valence-electron chi connectivity index (χ3n) is 4.09. The largest absolute Gasteiger partial charge is 0.496 e. The van der Waals surface area contributed by atoms with E-state index in [-0.39, 0.29) is 29.9 Å². The maximum absolute atomic E-state index is 12.1. The smallest absolute Gasteiger partial charge is 0.251 e. The molecule has 0 radical (unpaired) electrons. The van der Waals surface area contributed by atoms with E-state index in [2.05, 4.69) is 27.0 Å². The van der Waals surface area contributed by atoms with Gasteiger partial charge in [-0.25, -0.2) is 0 Å². The lowest BCUT2D eigenvalue weighted by Crippen LogP contribution is -2.42. The summed E-state index contributed by atoms with van der Waals surface area (Å²) in [5.74, 6) is 1.52. The highest BCUT2D eigenvalue weighted by molar-refractivity contribution is 14.0. The number of para-hydroxylation sites is 1. The van der Waals surface area contributed by atoms with E-state index in [0.29, 0.717) is 24.6 Å². The normalized spacial score (nSPS) is 10.6. The summed E-state index contributed by atoms with van der Waals surface area (Å²) in [5.41, 5.74) is 2.89. The molecule has 0 saturated heterocycles. The molecule has 0 heterocycles. The van der Waals surface area contributed by atoms with Crippen LogP contribution in [0, 0.1) is 6.92 Å². The van der Waals surface area contributed by atoms with Crippen molar-refractivity contribution in [2.75, 3.05) is 33.8 Å². The predicted octanol–water partition coefficient (Wildman–Crippen LogP) is 2.76. The Balaban J connectivity index is 0.00000392. The summed E-state index contributed by atoms with van der Waals surface area (Å²) in [6.07, 6.45) is 0.828. The van der Waals surface area contributed by atoms with Crippen molar-refractivity contribution in [2.45, 2.75) is 13.3 Å². The van der Waals surface area contributed by atoms with Gasteiger partial charge in [0.1, 0.15) is 5.75 Å². The first-order valence-corrected chi connectivity index (χ1v) is 9.05. The van der Waals surface area contributed by atoms with Crippen LogP contribution < -0.4 is 20.7 Å². The minimum absolute atomic E-state index is 0. The molecule has 0 aliphatic carbocycles. The molecule has 0 saturated carbocycles. The van der Waals surface area contributed by atoms with Gasteiger partial charge in [-0.15, -0.1) is 24.0 Å². The van der Waals surface area contributed by atoms with Crippen LogP contribution >= 0.6 is 24.0 Å². The molecule has 28 heavy (non-hydrogen) atoms. The molecule has 0 atom stereocenters. The van der Waals surface area contributed by atoms with Gasteiger partial charge in [0.15, 0.2) is 5.96 Å². The van der Waals surface area contributed by atoms with Crippen molar-refractivity contribution < 1.29 is 9.53 Å². The van der Waals surface area contributed by atoms with Crippen LogP contribution in [0.15, 0.2) is 53.5 Å². The van der Waals surface area contributed by atoms with Crippen LogP contribution in [0.4, 0.5) is 0 Å². The van der Waals surface area contributed by atoms with Crippen LogP contribution in [0.3, 0.4) is 0 Å². The Labute approximate surface area is 184 Å². The molecule has 0 aromatic heterocycles. The Morgan fingerprint density at radius 3 is 2.43 bits per heavy atom. The monoisotopic (exact) mass is 496 g/mol. The topological polar surface area (TPSA) is 74.8 Å². The number of ether oxygens (including phenoxy) is 1. The van der Waals surface area contributed by atoms with E-state index in [1.54, 1.807) is 14.2 Å². The lowest BCUT2D eigenvalue weighted by atomic mass is 10.1. The van der Waals surface area contributed by atoms with E-state index >= 15 is 0 Å². The zero-order chi connectivity index (χ0) is 19.5. The van der Waals surface area contributed by atoms with Crippen molar-refractivity contribution in [3.63, 3.8) is 0 Å². The van der Waals surface area contributed by atoms with Gasteiger partial charge in [0, 0.05) is 32.2 Å². The summed E-state index contributed by atoms with van der Waals surface area (Å²) in [6.45, 7) is 3.81. The van der Waals surface area contributed by atoms with Gasteiger partial charge in [0.25, 0.3) is 5.91 Å². The Morgan fingerprint density at radius 1 is 1.00 bits per heavy atom. The summed E-state index contributed by atoms with van der Waals surface area (Å²) in [4.78, 5) is 16.3. The quantitative estimate of drug-likeness (QED) is 0.228. The van der Waals surface area contributed by atoms with Gasteiger partial charge < -0.3 is 20.7 Å². The fourth-order valence-corrected chi connectivity index (χ4v) is 2.69. The molecule has 3 N–H and O–H groups in total. The molecule has 6 nitrogen and oxygen atoms in total. The second kappa shape index (κ2) is 13.0. The summed E-state index contributed by atoms with van der Waals surface area (Å²) in [7, 11) is 3.40. The minimum Gasteiger partial charge on any atom is -0.496 e. The lowest BCUT2D eigenvalue weighted by molar-refractivity contribution is 0.0954. The number of hydrogen-bond donors (Lipinski definition) is 3. The number of guanidine groups is 1. The van der Waals surface area contributed by atoms with E-state index in [4.69, 9.17) is 4.74 Å². The van der Waals surface area contributed by atoms with Crippen molar-refractivity contribution in [3.8, 4) is 5.75 Å². The van der Waals surface area contributed by atoms with Gasteiger partial charge in [0.05, 0.1) is 7.11 Å². The lowest BCUT2D eigenvalue weighted by Gasteiger charge is -2.13. The van der Waals surface area contributed by atoms with Gasteiger partial charge >= 0.3 is 0 Å². The van der Waals surface area contributed by atoms with Crippen LogP contribution in [-0.2, 0) is 6.42 Å². The van der Waals surface area contributed by atoms with E-state index in [9.17, 15) is 4.79 Å². The first-order chi connectivity index (χ1) is 13.1. The number of rotatable bonds is 8. The van der Waals surface area contributed by atoms with Crippen molar-refractivity contribution in [3.05, 3.63) is 65.2 Å². The highest BCUT2D eigenvalue weighted by Gasteiger charge is 2.05. The molecule has 2 aromatic carbocycles. The Hall–Kier alpha value is -2.29. The molecule has 1 amide bonds. The number of amides is 1.